The van der Waals surface area contributed by atoms with Gasteiger partial charge in [0.2, 0.25) is 5.91 Å². The molecular formula is C10H18BrNO2. The van der Waals surface area contributed by atoms with Crippen molar-refractivity contribution < 1.29 is 9.53 Å². The Balaban J connectivity index is 2.46. The summed E-state index contributed by atoms with van der Waals surface area (Å²) in [6, 6.07) is 0. The molecule has 0 radical (unpaired) electrons. The van der Waals surface area contributed by atoms with Gasteiger partial charge in [-0.15, -0.1) is 0 Å². The lowest BCUT2D eigenvalue weighted by Crippen LogP contribution is -2.52. The summed E-state index contributed by atoms with van der Waals surface area (Å²) in [4.78, 5) is 11.9. The fraction of sp³-hybridized carbons (Fsp3) is 0.900. The molecule has 0 saturated carbocycles. The fourth-order valence-corrected chi connectivity index (χ4v) is 1.40. The van der Waals surface area contributed by atoms with Gasteiger partial charge in [-0.25, -0.2) is 0 Å². The van der Waals surface area contributed by atoms with Crippen molar-refractivity contribution in [2.24, 2.45) is 0 Å². The first kappa shape index (κ1) is 12.0. The van der Waals surface area contributed by atoms with Gasteiger partial charge in [-0.1, -0.05) is 22.9 Å². The van der Waals surface area contributed by atoms with Crippen LogP contribution in [0.2, 0.25) is 0 Å². The van der Waals surface area contributed by atoms with Crippen LogP contribution in [0.3, 0.4) is 0 Å². The molecule has 2 atom stereocenters. The monoisotopic (exact) mass is 263 g/mol. The average molecular weight is 264 g/mol. The van der Waals surface area contributed by atoms with Crippen LogP contribution in [-0.4, -0.2) is 29.0 Å². The second-order valence-electron chi connectivity index (χ2n) is 4.33. The maximum atomic E-state index is 11.7. The van der Waals surface area contributed by atoms with Crippen molar-refractivity contribution in [2.45, 2.75) is 50.1 Å². The molecule has 1 fully saturated rings. The lowest BCUT2D eigenvalue weighted by atomic mass is 10.0. The third kappa shape index (κ3) is 2.95. The van der Waals surface area contributed by atoms with Crippen molar-refractivity contribution in [3.8, 4) is 0 Å². The van der Waals surface area contributed by atoms with Gasteiger partial charge in [0.05, 0.1) is 0 Å². The highest BCUT2D eigenvalue weighted by Crippen LogP contribution is 2.19. The van der Waals surface area contributed by atoms with E-state index in [1.54, 1.807) is 0 Å². The molecule has 0 aliphatic carbocycles. The Bertz CT molecular complexity index is 210. The summed E-state index contributed by atoms with van der Waals surface area (Å²) in [6.45, 7) is 6.73. The zero-order valence-corrected chi connectivity index (χ0v) is 10.6. The molecule has 0 aromatic carbocycles. The summed E-state index contributed by atoms with van der Waals surface area (Å²) in [5.41, 5.74) is -0.233. The number of carbonyl (C=O) groups excluding carboxylic acids is 1. The zero-order chi connectivity index (χ0) is 10.8. The van der Waals surface area contributed by atoms with Crippen LogP contribution < -0.4 is 5.32 Å². The lowest BCUT2D eigenvalue weighted by Gasteiger charge is -2.30. The van der Waals surface area contributed by atoms with E-state index in [1.165, 1.54) is 0 Å². The number of rotatable bonds is 3. The molecule has 1 heterocycles. The number of nitrogens with one attached hydrogen (secondary N) is 1. The average Bonchev–Trinajstić information content (AvgIpc) is 2.54. The number of halogens is 1. The van der Waals surface area contributed by atoms with Crippen molar-refractivity contribution in [3.05, 3.63) is 0 Å². The maximum absolute atomic E-state index is 11.7. The number of hydrogen-bond donors (Lipinski definition) is 1. The zero-order valence-electron chi connectivity index (χ0n) is 8.97. The van der Waals surface area contributed by atoms with Crippen LogP contribution in [0.1, 0.15) is 33.6 Å². The normalized spacial score (nSPS) is 24.7. The topological polar surface area (TPSA) is 38.3 Å². The summed E-state index contributed by atoms with van der Waals surface area (Å²) >= 11 is 3.48. The van der Waals surface area contributed by atoms with Gasteiger partial charge in [0.1, 0.15) is 6.10 Å². The van der Waals surface area contributed by atoms with Gasteiger partial charge < -0.3 is 10.1 Å². The van der Waals surface area contributed by atoms with Gasteiger partial charge in [-0.3, -0.25) is 4.79 Å². The summed E-state index contributed by atoms with van der Waals surface area (Å²) in [5.74, 6) is 0.0128. The number of hydrogen-bond acceptors (Lipinski definition) is 2. The van der Waals surface area contributed by atoms with E-state index in [-0.39, 0.29) is 22.4 Å². The quantitative estimate of drug-likeness (QED) is 0.790. The van der Waals surface area contributed by atoms with Crippen LogP contribution in [0.25, 0.3) is 0 Å². The molecule has 1 rings (SSSR count). The molecule has 4 heteroatoms. The molecule has 2 unspecified atom stereocenters. The number of carbonyl (C=O) groups is 1. The largest absolute Gasteiger partial charge is 0.368 e. The maximum Gasteiger partial charge on any atom is 0.249 e. The molecule has 1 saturated heterocycles. The third-order valence-corrected chi connectivity index (χ3v) is 3.81. The summed E-state index contributed by atoms with van der Waals surface area (Å²) in [7, 11) is 0. The first-order valence-electron chi connectivity index (χ1n) is 5.01. The van der Waals surface area contributed by atoms with Crippen molar-refractivity contribution in [3.63, 3.8) is 0 Å². The molecule has 14 heavy (non-hydrogen) atoms. The minimum Gasteiger partial charge on any atom is -0.368 e. The Hall–Kier alpha value is -0.0900. The van der Waals surface area contributed by atoms with Crippen LogP contribution in [-0.2, 0) is 9.53 Å². The Labute approximate surface area is 93.7 Å². The SMILES string of the molecule is CC(Br)C(C)(C)NC(=O)C1CCCO1. The first-order chi connectivity index (χ1) is 6.43. The highest BCUT2D eigenvalue weighted by atomic mass is 79.9. The van der Waals surface area contributed by atoms with Crippen molar-refractivity contribution in [1.29, 1.82) is 0 Å². The van der Waals surface area contributed by atoms with Gasteiger partial charge in [-0.05, 0) is 26.7 Å². The molecular weight excluding hydrogens is 246 g/mol. The Kier molecular flexibility index (Phi) is 3.95. The summed E-state index contributed by atoms with van der Waals surface area (Å²) < 4.78 is 5.31. The van der Waals surface area contributed by atoms with Crippen molar-refractivity contribution in [2.75, 3.05) is 6.61 Å². The lowest BCUT2D eigenvalue weighted by molar-refractivity contribution is -0.131. The molecule has 1 amide bonds. The van der Waals surface area contributed by atoms with Crippen molar-refractivity contribution >= 4 is 21.8 Å². The molecule has 1 N–H and O–H groups in total. The minimum absolute atomic E-state index is 0.0128. The molecule has 0 spiro atoms. The van der Waals surface area contributed by atoms with Crippen LogP contribution in [0.5, 0.6) is 0 Å². The molecule has 0 aromatic rings. The number of ether oxygens (including phenoxy) is 1. The van der Waals surface area contributed by atoms with Gasteiger partial charge >= 0.3 is 0 Å². The standard InChI is InChI=1S/C10H18BrNO2/c1-7(11)10(2,3)12-9(13)8-5-4-6-14-8/h7-8H,4-6H2,1-3H3,(H,12,13). The van der Waals surface area contributed by atoms with Gasteiger partial charge in [-0.2, -0.15) is 0 Å². The number of amides is 1. The highest BCUT2D eigenvalue weighted by Gasteiger charge is 2.31. The predicted molar refractivity (Wildman–Crippen MR) is 59.6 cm³/mol. The molecule has 0 bridgehead atoms. The fourth-order valence-electron chi connectivity index (χ4n) is 1.28. The van der Waals surface area contributed by atoms with Crippen LogP contribution >= 0.6 is 15.9 Å². The third-order valence-electron chi connectivity index (χ3n) is 2.66. The molecule has 82 valence electrons. The van der Waals surface area contributed by atoms with E-state index < -0.39 is 0 Å². The van der Waals surface area contributed by atoms with Crippen LogP contribution in [0, 0.1) is 0 Å². The van der Waals surface area contributed by atoms with E-state index in [0.29, 0.717) is 6.61 Å². The second kappa shape index (κ2) is 4.62. The Morgan fingerprint density at radius 2 is 2.29 bits per heavy atom. The van der Waals surface area contributed by atoms with Gasteiger partial charge in [0.15, 0.2) is 0 Å². The second-order valence-corrected chi connectivity index (χ2v) is 5.70. The minimum atomic E-state index is -0.236. The van der Waals surface area contributed by atoms with E-state index in [0.717, 1.165) is 12.8 Å². The van der Waals surface area contributed by atoms with Crippen molar-refractivity contribution in [1.82, 2.24) is 5.32 Å². The first-order valence-corrected chi connectivity index (χ1v) is 5.93. The van der Waals surface area contributed by atoms with E-state index in [4.69, 9.17) is 4.74 Å². The van der Waals surface area contributed by atoms with Crippen LogP contribution in [0.4, 0.5) is 0 Å². The predicted octanol–water partition coefficient (Wildman–Crippen LogP) is 1.84. The summed E-state index contributed by atoms with van der Waals surface area (Å²) in [6.07, 6.45) is 1.60. The van der Waals surface area contributed by atoms with E-state index in [2.05, 4.69) is 21.2 Å². The Morgan fingerprint density at radius 1 is 1.64 bits per heavy atom. The molecule has 1 aliphatic heterocycles. The smallest absolute Gasteiger partial charge is 0.249 e. The van der Waals surface area contributed by atoms with Gasteiger partial charge in [0.25, 0.3) is 0 Å². The molecule has 0 aromatic heterocycles. The van der Waals surface area contributed by atoms with E-state index in [9.17, 15) is 4.79 Å². The van der Waals surface area contributed by atoms with E-state index in [1.807, 2.05) is 20.8 Å². The summed E-state index contributed by atoms with van der Waals surface area (Å²) in [5, 5.41) is 2.99. The van der Waals surface area contributed by atoms with Gasteiger partial charge in [0, 0.05) is 17.0 Å². The van der Waals surface area contributed by atoms with Crippen LogP contribution in [0.15, 0.2) is 0 Å². The molecule has 1 aliphatic rings. The Morgan fingerprint density at radius 3 is 2.71 bits per heavy atom. The van der Waals surface area contributed by atoms with E-state index >= 15 is 0 Å². The highest BCUT2D eigenvalue weighted by molar-refractivity contribution is 9.09. The molecule has 3 nitrogen and oxygen atoms in total. The number of alkyl halides is 1.